The van der Waals surface area contributed by atoms with Gasteiger partial charge >= 0.3 is 0 Å². The molecule has 0 spiro atoms. The topological polar surface area (TPSA) is 49.6 Å². The number of fused-ring (bicyclic) bond motifs is 1. The third-order valence-corrected chi connectivity index (χ3v) is 5.07. The van der Waals surface area contributed by atoms with Crippen LogP contribution in [0.25, 0.3) is 5.65 Å². The zero-order valence-electron chi connectivity index (χ0n) is 15.1. The minimum Gasteiger partial charge on any atom is -0.349 e. The smallest absolute Gasteiger partial charge is 0.271 e. The number of likely N-dealkylation sites (tertiary alicyclic amines) is 1. The Bertz CT molecular complexity index is 897. The molecule has 2 aromatic heterocycles. The minimum atomic E-state index is -0.119. The Kier molecular flexibility index (Phi) is 4.71. The van der Waals surface area contributed by atoms with Gasteiger partial charge in [-0.2, -0.15) is 0 Å². The van der Waals surface area contributed by atoms with Crippen molar-refractivity contribution in [2.75, 3.05) is 19.6 Å². The number of carbonyl (C=O) groups is 1. The summed E-state index contributed by atoms with van der Waals surface area (Å²) in [4.78, 5) is 19.6. The number of nitrogens with zero attached hydrogens (tertiary/aromatic N) is 3. The van der Waals surface area contributed by atoms with E-state index >= 15 is 0 Å². The molecule has 3 heterocycles. The van der Waals surface area contributed by atoms with Gasteiger partial charge in [0.05, 0.1) is 6.04 Å². The van der Waals surface area contributed by atoms with Crippen LogP contribution in [0.1, 0.15) is 40.5 Å². The van der Waals surface area contributed by atoms with Crippen LogP contribution >= 0.6 is 0 Å². The van der Waals surface area contributed by atoms with Crippen LogP contribution in [0.15, 0.2) is 54.9 Å². The van der Waals surface area contributed by atoms with E-state index in [1.165, 1.54) is 18.4 Å². The van der Waals surface area contributed by atoms with E-state index in [0.29, 0.717) is 12.2 Å². The highest BCUT2D eigenvalue weighted by Crippen LogP contribution is 2.24. The summed E-state index contributed by atoms with van der Waals surface area (Å²) in [5.74, 6) is -0.119. The average molecular weight is 348 g/mol. The quantitative estimate of drug-likeness (QED) is 0.770. The van der Waals surface area contributed by atoms with E-state index < -0.39 is 0 Å². The predicted octanol–water partition coefficient (Wildman–Crippen LogP) is 3.21. The van der Waals surface area contributed by atoms with Crippen molar-refractivity contribution in [1.29, 1.82) is 0 Å². The summed E-state index contributed by atoms with van der Waals surface area (Å²) in [5.41, 5.74) is 3.65. The molecule has 0 aliphatic carbocycles. The first kappa shape index (κ1) is 16.8. The molecule has 134 valence electrons. The van der Waals surface area contributed by atoms with E-state index in [1.54, 1.807) is 6.20 Å². The molecule has 1 N–H and O–H groups in total. The van der Waals surface area contributed by atoms with Crippen LogP contribution in [-0.2, 0) is 0 Å². The molecule has 0 radical (unpaired) electrons. The van der Waals surface area contributed by atoms with Gasteiger partial charge in [0.2, 0.25) is 0 Å². The second-order valence-electron chi connectivity index (χ2n) is 6.98. The molecule has 1 aliphatic heterocycles. The third kappa shape index (κ3) is 3.48. The monoisotopic (exact) mass is 348 g/mol. The highest BCUT2D eigenvalue weighted by Gasteiger charge is 2.24. The zero-order valence-corrected chi connectivity index (χ0v) is 15.1. The van der Waals surface area contributed by atoms with E-state index in [4.69, 9.17) is 0 Å². The number of amides is 1. The Labute approximate surface area is 153 Å². The molecule has 1 atom stereocenters. The summed E-state index contributed by atoms with van der Waals surface area (Å²) in [6.45, 7) is 4.79. The first-order valence-corrected chi connectivity index (χ1v) is 9.23. The van der Waals surface area contributed by atoms with Crippen LogP contribution in [-0.4, -0.2) is 39.8 Å². The molecule has 3 aromatic rings. The predicted molar refractivity (Wildman–Crippen MR) is 102 cm³/mol. The van der Waals surface area contributed by atoms with E-state index in [-0.39, 0.29) is 11.9 Å². The number of nitrogens with one attached hydrogen (secondary N) is 1. The highest BCUT2D eigenvalue weighted by atomic mass is 16.1. The molecule has 1 fully saturated rings. The largest absolute Gasteiger partial charge is 0.349 e. The van der Waals surface area contributed by atoms with Crippen LogP contribution in [0.5, 0.6) is 0 Å². The number of imidazole rings is 1. The Hall–Kier alpha value is -2.66. The number of aromatic nitrogens is 2. The summed E-state index contributed by atoms with van der Waals surface area (Å²) >= 11 is 0. The summed E-state index contributed by atoms with van der Waals surface area (Å²) in [5, 5.41) is 3.09. The van der Waals surface area contributed by atoms with Crippen molar-refractivity contribution in [3.05, 3.63) is 71.7 Å². The van der Waals surface area contributed by atoms with Crippen LogP contribution in [0.2, 0.25) is 0 Å². The molecule has 26 heavy (non-hydrogen) atoms. The highest BCUT2D eigenvalue weighted by molar-refractivity contribution is 5.92. The van der Waals surface area contributed by atoms with Crippen molar-refractivity contribution >= 4 is 11.6 Å². The molecule has 1 aromatic carbocycles. The summed E-state index contributed by atoms with van der Waals surface area (Å²) in [7, 11) is 0. The molecule has 4 rings (SSSR count). The Morgan fingerprint density at radius 3 is 2.73 bits per heavy atom. The van der Waals surface area contributed by atoms with Crippen molar-refractivity contribution in [1.82, 2.24) is 19.6 Å². The lowest BCUT2D eigenvalue weighted by Crippen LogP contribution is -2.36. The molecular formula is C21H24N4O. The first-order valence-electron chi connectivity index (χ1n) is 9.23. The van der Waals surface area contributed by atoms with Crippen LogP contribution < -0.4 is 5.32 Å². The molecule has 5 nitrogen and oxygen atoms in total. The molecule has 1 unspecified atom stereocenters. The van der Waals surface area contributed by atoms with E-state index in [9.17, 15) is 4.79 Å². The number of rotatable bonds is 5. The first-order chi connectivity index (χ1) is 12.7. The lowest BCUT2D eigenvalue weighted by Gasteiger charge is -2.28. The molecule has 1 saturated heterocycles. The van der Waals surface area contributed by atoms with Crippen LogP contribution in [0, 0.1) is 6.92 Å². The normalized spacial score (nSPS) is 16.0. The van der Waals surface area contributed by atoms with Gasteiger partial charge in [-0.3, -0.25) is 9.69 Å². The van der Waals surface area contributed by atoms with E-state index in [2.05, 4.69) is 39.5 Å². The van der Waals surface area contributed by atoms with Gasteiger partial charge in [-0.05, 0) is 56.1 Å². The molecule has 5 heteroatoms. The Morgan fingerprint density at radius 1 is 1.19 bits per heavy atom. The van der Waals surface area contributed by atoms with Crippen molar-refractivity contribution in [2.45, 2.75) is 25.8 Å². The maximum absolute atomic E-state index is 12.6. The number of pyridine rings is 1. The zero-order chi connectivity index (χ0) is 17.9. The Balaban J connectivity index is 1.50. The average Bonchev–Trinajstić information content (AvgIpc) is 3.32. The number of aryl methyl sites for hydroxylation is 1. The summed E-state index contributed by atoms with van der Waals surface area (Å²) in [6.07, 6.45) is 6.18. The van der Waals surface area contributed by atoms with Gasteiger partial charge in [-0.1, -0.05) is 30.3 Å². The number of benzene rings is 1. The van der Waals surface area contributed by atoms with Gasteiger partial charge in [-0.15, -0.1) is 0 Å². The lowest BCUT2D eigenvalue weighted by molar-refractivity contribution is 0.0933. The maximum atomic E-state index is 12.6. The maximum Gasteiger partial charge on any atom is 0.271 e. The van der Waals surface area contributed by atoms with E-state index in [0.717, 1.165) is 24.3 Å². The second-order valence-corrected chi connectivity index (χ2v) is 6.98. The van der Waals surface area contributed by atoms with Crippen molar-refractivity contribution in [3.8, 4) is 0 Å². The standard InChI is InChI=1S/C21H24N4O/c1-16-9-12-25-15-18(23-20(25)13-16)21(26)22-14-19(24-10-5-6-11-24)17-7-3-2-4-8-17/h2-4,7-9,12-13,15,19H,5-6,10-11,14H2,1H3,(H,22,26). The van der Waals surface area contributed by atoms with Crippen molar-refractivity contribution < 1.29 is 4.79 Å². The van der Waals surface area contributed by atoms with Crippen molar-refractivity contribution in [3.63, 3.8) is 0 Å². The van der Waals surface area contributed by atoms with Gasteiger partial charge in [0.25, 0.3) is 5.91 Å². The molecule has 0 bridgehead atoms. The summed E-state index contributed by atoms with van der Waals surface area (Å²) in [6, 6.07) is 14.6. The minimum absolute atomic E-state index is 0.119. The fraction of sp³-hybridized carbons (Fsp3) is 0.333. The molecule has 1 amide bonds. The SMILES string of the molecule is Cc1ccn2cc(C(=O)NCC(c3ccccc3)N3CCCC3)nc2c1. The number of carbonyl (C=O) groups excluding carboxylic acids is 1. The molecular weight excluding hydrogens is 324 g/mol. The van der Waals surface area contributed by atoms with Crippen LogP contribution in [0.3, 0.4) is 0 Å². The van der Waals surface area contributed by atoms with Gasteiger partial charge in [0.15, 0.2) is 0 Å². The number of hydrogen-bond donors (Lipinski definition) is 1. The Morgan fingerprint density at radius 2 is 1.96 bits per heavy atom. The number of hydrogen-bond acceptors (Lipinski definition) is 3. The summed E-state index contributed by atoms with van der Waals surface area (Å²) < 4.78 is 1.89. The van der Waals surface area contributed by atoms with E-state index in [1.807, 2.05) is 35.7 Å². The second kappa shape index (κ2) is 7.30. The van der Waals surface area contributed by atoms with Crippen LogP contribution in [0.4, 0.5) is 0 Å². The molecule has 0 saturated carbocycles. The van der Waals surface area contributed by atoms with Gasteiger partial charge < -0.3 is 9.72 Å². The van der Waals surface area contributed by atoms with Gasteiger partial charge in [-0.25, -0.2) is 4.98 Å². The molecule has 1 aliphatic rings. The van der Waals surface area contributed by atoms with Crippen molar-refractivity contribution in [2.24, 2.45) is 0 Å². The van der Waals surface area contributed by atoms with Gasteiger partial charge in [0.1, 0.15) is 11.3 Å². The lowest BCUT2D eigenvalue weighted by atomic mass is 10.1. The third-order valence-electron chi connectivity index (χ3n) is 5.07. The van der Waals surface area contributed by atoms with Gasteiger partial charge in [0, 0.05) is 18.9 Å². The fourth-order valence-corrected chi connectivity index (χ4v) is 3.66. The fourth-order valence-electron chi connectivity index (χ4n) is 3.66.